The molecule has 1 saturated carbocycles. The fourth-order valence-corrected chi connectivity index (χ4v) is 0.996. The van der Waals surface area contributed by atoms with Crippen molar-refractivity contribution in [3.8, 4) is 0 Å². The van der Waals surface area contributed by atoms with Gasteiger partial charge in [0.15, 0.2) is 0 Å². The molecule has 0 radical (unpaired) electrons. The molecule has 0 bridgehead atoms. The Hall–Kier alpha value is -0.800. The Morgan fingerprint density at radius 2 is 2.33 bits per heavy atom. The highest BCUT2D eigenvalue weighted by Crippen LogP contribution is 2.28. The lowest BCUT2D eigenvalue weighted by atomic mass is 10.4. The monoisotopic (exact) mass is 174 g/mol. The molecule has 0 spiro atoms. The molecule has 1 aliphatic rings. The summed E-state index contributed by atoms with van der Waals surface area (Å²) >= 11 is 0. The summed E-state index contributed by atoms with van der Waals surface area (Å²) in [5, 5.41) is 5.25. The van der Waals surface area contributed by atoms with Crippen LogP contribution in [0.25, 0.3) is 0 Å². The van der Waals surface area contributed by atoms with E-state index in [9.17, 15) is 9.18 Å². The van der Waals surface area contributed by atoms with Gasteiger partial charge < -0.3 is 10.6 Å². The first kappa shape index (κ1) is 9.29. The summed E-state index contributed by atoms with van der Waals surface area (Å²) in [4.78, 5) is 11.0. The molecule has 3 nitrogen and oxygen atoms in total. The first-order valence-corrected chi connectivity index (χ1v) is 4.26. The first-order valence-electron chi connectivity index (χ1n) is 4.26. The largest absolute Gasteiger partial charge is 0.335 e. The summed E-state index contributed by atoms with van der Waals surface area (Å²) in [7, 11) is 0. The maximum atomic E-state index is 11.9. The molecular formula is C8H15FN2O. The molecule has 0 saturated heterocycles. The van der Waals surface area contributed by atoms with Crippen LogP contribution in [0.15, 0.2) is 0 Å². The molecule has 0 aromatic heterocycles. The average Bonchev–Trinajstić information content (AvgIpc) is 2.66. The van der Waals surface area contributed by atoms with Crippen LogP contribution >= 0.6 is 0 Å². The van der Waals surface area contributed by atoms with Crippen molar-refractivity contribution < 1.29 is 9.18 Å². The van der Waals surface area contributed by atoms with E-state index in [0.29, 0.717) is 12.0 Å². The second-order valence-corrected chi connectivity index (χ2v) is 3.49. The van der Waals surface area contributed by atoms with Crippen molar-refractivity contribution in [1.82, 2.24) is 10.6 Å². The Balaban J connectivity index is 2.12. The molecule has 0 aromatic carbocycles. The van der Waals surface area contributed by atoms with Crippen LogP contribution in [-0.2, 0) is 0 Å². The zero-order valence-corrected chi connectivity index (χ0v) is 7.43. The van der Waals surface area contributed by atoms with Gasteiger partial charge in [0, 0.05) is 6.04 Å². The average molecular weight is 174 g/mol. The van der Waals surface area contributed by atoms with Crippen molar-refractivity contribution in [3.63, 3.8) is 0 Å². The number of nitrogens with one attached hydrogen (secondary N) is 2. The third-order valence-electron chi connectivity index (χ3n) is 2.03. The molecule has 1 aliphatic carbocycles. The molecule has 3 atom stereocenters. The van der Waals surface area contributed by atoms with Gasteiger partial charge in [0.25, 0.3) is 0 Å². The van der Waals surface area contributed by atoms with Crippen LogP contribution in [0, 0.1) is 5.92 Å². The van der Waals surface area contributed by atoms with Gasteiger partial charge in [-0.2, -0.15) is 0 Å². The van der Waals surface area contributed by atoms with Crippen LogP contribution in [0.4, 0.5) is 9.18 Å². The van der Waals surface area contributed by atoms with Gasteiger partial charge in [-0.25, -0.2) is 9.18 Å². The number of alkyl halides is 1. The maximum Gasteiger partial charge on any atom is 0.315 e. The molecule has 0 unspecified atom stereocenters. The molecule has 0 aromatic rings. The predicted octanol–water partition coefficient (Wildman–Crippen LogP) is 1.05. The van der Waals surface area contributed by atoms with Crippen LogP contribution in [-0.4, -0.2) is 24.8 Å². The Labute approximate surface area is 71.7 Å². The molecule has 1 fully saturated rings. The highest BCUT2D eigenvalue weighted by Gasteiger charge is 2.33. The minimum atomic E-state index is -0.520. The molecule has 4 heteroatoms. The Kier molecular flexibility index (Phi) is 2.89. The van der Waals surface area contributed by atoms with Crippen molar-refractivity contribution >= 4 is 6.03 Å². The Morgan fingerprint density at radius 1 is 1.75 bits per heavy atom. The fourth-order valence-electron chi connectivity index (χ4n) is 0.996. The second kappa shape index (κ2) is 3.74. The van der Waals surface area contributed by atoms with E-state index in [2.05, 4.69) is 17.6 Å². The lowest BCUT2D eigenvalue weighted by molar-refractivity contribution is 0.234. The van der Waals surface area contributed by atoms with Crippen molar-refractivity contribution in [2.75, 3.05) is 6.67 Å². The van der Waals surface area contributed by atoms with Crippen LogP contribution < -0.4 is 10.6 Å². The van der Waals surface area contributed by atoms with E-state index in [0.717, 1.165) is 6.42 Å². The smallest absolute Gasteiger partial charge is 0.315 e. The third kappa shape index (κ3) is 2.68. The SMILES string of the molecule is C[C@@H]1C[C@H]1NC(=O)N[C@@H](C)CF. The van der Waals surface area contributed by atoms with Crippen LogP contribution in [0.3, 0.4) is 0 Å². The van der Waals surface area contributed by atoms with Gasteiger partial charge in [-0.1, -0.05) is 6.92 Å². The normalized spacial score (nSPS) is 29.2. The van der Waals surface area contributed by atoms with E-state index in [4.69, 9.17) is 0 Å². The summed E-state index contributed by atoms with van der Waals surface area (Å²) in [5.74, 6) is 0.580. The lowest BCUT2D eigenvalue weighted by Crippen LogP contribution is -2.42. The van der Waals surface area contributed by atoms with Gasteiger partial charge >= 0.3 is 6.03 Å². The predicted molar refractivity (Wildman–Crippen MR) is 44.7 cm³/mol. The third-order valence-corrected chi connectivity index (χ3v) is 2.03. The van der Waals surface area contributed by atoms with Gasteiger partial charge in [-0.15, -0.1) is 0 Å². The number of carbonyl (C=O) groups excluding carboxylic acids is 1. The van der Waals surface area contributed by atoms with Crippen molar-refractivity contribution in [1.29, 1.82) is 0 Å². The van der Waals surface area contributed by atoms with Crippen LogP contribution in [0.5, 0.6) is 0 Å². The molecule has 2 N–H and O–H groups in total. The zero-order valence-electron chi connectivity index (χ0n) is 7.43. The fraction of sp³-hybridized carbons (Fsp3) is 0.875. The Bertz CT molecular complexity index is 166. The van der Waals surface area contributed by atoms with E-state index in [-0.39, 0.29) is 12.1 Å². The van der Waals surface area contributed by atoms with Crippen molar-refractivity contribution in [3.05, 3.63) is 0 Å². The summed E-state index contributed by atoms with van der Waals surface area (Å²) in [6.45, 7) is 3.19. The maximum absolute atomic E-state index is 11.9. The van der Waals surface area contributed by atoms with Crippen molar-refractivity contribution in [2.24, 2.45) is 5.92 Å². The molecule has 0 aliphatic heterocycles. The summed E-state index contributed by atoms with van der Waals surface area (Å²) < 4.78 is 11.9. The highest BCUT2D eigenvalue weighted by atomic mass is 19.1. The number of halogens is 1. The van der Waals surface area contributed by atoms with E-state index in [1.54, 1.807) is 6.92 Å². The highest BCUT2D eigenvalue weighted by molar-refractivity contribution is 5.74. The minimum Gasteiger partial charge on any atom is -0.335 e. The van der Waals surface area contributed by atoms with E-state index in [1.807, 2.05) is 0 Å². The van der Waals surface area contributed by atoms with E-state index < -0.39 is 6.67 Å². The van der Waals surface area contributed by atoms with Crippen LogP contribution in [0.2, 0.25) is 0 Å². The molecule has 12 heavy (non-hydrogen) atoms. The van der Waals surface area contributed by atoms with E-state index >= 15 is 0 Å². The first-order chi connectivity index (χ1) is 5.63. The number of carbonyl (C=O) groups is 1. The molecular weight excluding hydrogens is 159 g/mol. The van der Waals surface area contributed by atoms with E-state index in [1.165, 1.54) is 0 Å². The molecule has 2 amide bonds. The Morgan fingerprint density at radius 3 is 2.75 bits per heavy atom. The standard InChI is InChI=1S/C8H15FN2O/c1-5-3-7(5)11-8(12)10-6(2)4-9/h5-7H,3-4H2,1-2H3,(H2,10,11,12)/t5-,6+,7-/m1/s1. The topological polar surface area (TPSA) is 41.1 Å². The number of hydrogen-bond acceptors (Lipinski definition) is 1. The number of rotatable bonds is 3. The molecule has 1 rings (SSSR count). The lowest BCUT2D eigenvalue weighted by Gasteiger charge is -2.10. The number of urea groups is 1. The number of amides is 2. The summed E-state index contributed by atoms with van der Waals surface area (Å²) in [5.41, 5.74) is 0. The van der Waals surface area contributed by atoms with Crippen molar-refractivity contribution in [2.45, 2.75) is 32.4 Å². The van der Waals surface area contributed by atoms with Gasteiger partial charge in [-0.3, -0.25) is 0 Å². The van der Waals surface area contributed by atoms with Gasteiger partial charge in [0.2, 0.25) is 0 Å². The van der Waals surface area contributed by atoms with Gasteiger partial charge in [0.1, 0.15) is 6.67 Å². The molecule has 70 valence electrons. The second-order valence-electron chi connectivity index (χ2n) is 3.49. The van der Waals surface area contributed by atoms with Crippen LogP contribution in [0.1, 0.15) is 20.3 Å². The quantitative estimate of drug-likeness (QED) is 0.659. The van der Waals surface area contributed by atoms with Gasteiger partial charge in [0.05, 0.1) is 6.04 Å². The zero-order chi connectivity index (χ0) is 9.14. The molecule has 0 heterocycles. The minimum absolute atomic E-state index is 0.255. The summed E-state index contributed by atoms with van der Waals surface area (Å²) in [6.07, 6.45) is 1.04. The van der Waals surface area contributed by atoms with Gasteiger partial charge in [-0.05, 0) is 19.3 Å². The summed E-state index contributed by atoms with van der Waals surface area (Å²) in [6, 6.07) is -0.342. The number of hydrogen-bond donors (Lipinski definition) is 2.